The van der Waals surface area contributed by atoms with E-state index in [4.69, 9.17) is 4.74 Å². The van der Waals surface area contributed by atoms with Gasteiger partial charge in [0.1, 0.15) is 6.04 Å². The first-order valence-electron chi connectivity index (χ1n) is 14.2. The van der Waals surface area contributed by atoms with E-state index in [9.17, 15) is 19.5 Å². The molecule has 38 heavy (non-hydrogen) atoms. The van der Waals surface area contributed by atoms with E-state index in [-0.39, 0.29) is 29.9 Å². The van der Waals surface area contributed by atoms with E-state index < -0.39 is 36.1 Å². The molecule has 0 radical (unpaired) electrons. The van der Waals surface area contributed by atoms with Gasteiger partial charge in [0.2, 0.25) is 18.2 Å². The number of nitrogens with one attached hydrogen (secondary N) is 4. The highest BCUT2D eigenvalue weighted by atomic mass is 16.6. The molecule has 0 saturated carbocycles. The Labute approximate surface area is 228 Å². The SMILES string of the molecule is CC[C@H](OC(O)N1CCCCC1)[C@H]1C(NC(=O)NC(C)C)CCN1C(=O)[C@@H](NC(=O)[C@H](C)NC)C(C)(C)C. The van der Waals surface area contributed by atoms with Gasteiger partial charge in [0.25, 0.3) is 0 Å². The molecule has 0 aromatic rings. The van der Waals surface area contributed by atoms with Gasteiger partial charge >= 0.3 is 6.03 Å². The van der Waals surface area contributed by atoms with Crippen molar-refractivity contribution in [2.75, 3.05) is 26.7 Å². The normalized spacial score (nSPS) is 24.0. The van der Waals surface area contributed by atoms with Gasteiger partial charge in [-0.1, -0.05) is 34.1 Å². The molecule has 5 N–H and O–H groups in total. The van der Waals surface area contributed by atoms with E-state index in [2.05, 4.69) is 21.3 Å². The summed E-state index contributed by atoms with van der Waals surface area (Å²) < 4.78 is 6.22. The third-order valence-corrected chi connectivity index (χ3v) is 7.48. The molecule has 2 fully saturated rings. The lowest BCUT2D eigenvalue weighted by molar-refractivity contribution is -0.231. The van der Waals surface area contributed by atoms with Crippen molar-refractivity contribution in [2.24, 2.45) is 5.41 Å². The fraction of sp³-hybridized carbons (Fsp3) is 0.889. The van der Waals surface area contributed by atoms with Gasteiger partial charge < -0.3 is 36.0 Å². The number of likely N-dealkylation sites (N-methyl/N-ethyl adjacent to an activating group) is 1. The lowest BCUT2D eigenvalue weighted by atomic mass is 9.85. The Balaban J connectivity index is 2.34. The first kappa shape index (κ1) is 32.3. The molecule has 2 saturated heterocycles. The number of aliphatic hydroxyl groups is 1. The fourth-order valence-electron chi connectivity index (χ4n) is 5.17. The third-order valence-electron chi connectivity index (χ3n) is 7.48. The van der Waals surface area contributed by atoms with E-state index in [0.717, 1.165) is 32.4 Å². The molecule has 2 heterocycles. The topological polar surface area (TPSA) is 135 Å². The van der Waals surface area contributed by atoms with Crippen LogP contribution in [0.1, 0.15) is 80.6 Å². The Morgan fingerprint density at radius 3 is 2.18 bits per heavy atom. The Morgan fingerprint density at radius 1 is 1.03 bits per heavy atom. The molecule has 6 atom stereocenters. The molecule has 0 spiro atoms. The second kappa shape index (κ2) is 14.4. The Bertz CT molecular complexity index is 782. The summed E-state index contributed by atoms with van der Waals surface area (Å²) in [4.78, 5) is 43.2. The van der Waals surface area contributed by atoms with Crippen LogP contribution < -0.4 is 21.3 Å². The molecule has 11 nitrogen and oxygen atoms in total. The molecule has 2 aliphatic heterocycles. The van der Waals surface area contributed by atoms with Crippen LogP contribution in [0.3, 0.4) is 0 Å². The summed E-state index contributed by atoms with van der Waals surface area (Å²) in [6, 6.07) is -2.46. The van der Waals surface area contributed by atoms with Gasteiger partial charge in [0, 0.05) is 25.7 Å². The molecule has 0 aromatic heterocycles. The van der Waals surface area contributed by atoms with Crippen LogP contribution in [0.5, 0.6) is 0 Å². The summed E-state index contributed by atoms with van der Waals surface area (Å²) in [7, 11) is 1.70. The molecule has 2 unspecified atom stereocenters. The van der Waals surface area contributed by atoms with Crippen LogP contribution in [0.2, 0.25) is 0 Å². The average Bonchev–Trinajstić information content (AvgIpc) is 3.26. The predicted molar refractivity (Wildman–Crippen MR) is 147 cm³/mol. The number of hydrogen-bond donors (Lipinski definition) is 5. The first-order chi connectivity index (χ1) is 17.8. The highest BCUT2D eigenvalue weighted by molar-refractivity contribution is 5.90. The second-order valence-electron chi connectivity index (χ2n) is 12.0. The quantitative estimate of drug-likeness (QED) is 0.250. The molecule has 4 amide bonds. The minimum Gasteiger partial charge on any atom is -0.356 e. The van der Waals surface area contributed by atoms with E-state index in [1.54, 1.807) is 18.9 Å². The van der Waals surface area contributed by atoms with Gasteiger partial charge in [0.15, 0.2) is 0 Å². The Hall–Kier alpha value is -1.95. The Kier molecular flexibility index (Phi) is 12.3. The molecule has 0 aromatic carbocycles. The number of amides is 4. The van der Waals surface area contributed by atoms with Crippen molar-refractivity contribution in [1.82, 2.24) is 31.1 Å². The largest absolute Gasteiger partial charge is 0.356 e. The monoisotopic (exact) mass is 540 g/mol. The average molecular weight is 541 g/mol. The molecular formula is C27H52N6O5. The number of piperidine rings is 1. The maximum Gasteiger partial charge on any atom is 0.315 e. The first-order valence-corrected chi connectivity index (χ1v) is 14.2. The van der Waals surface area contributed by atoms with Gasteiger partial charge in [-0.15, -0.1) is 0 Å². The number of rotatable bonds is 11. The van der Waals surface area contributed by atoms with Crippen molar-refractivity contribution in [3.8, 4) is 0 Å². The van der Waals surface area contributed by atoms with Crippen molar-refractivity contribution in [3.05, 3.63) is 0 Å². The van der Waals surface area contributed by atoms with Crippen LogP contribution in [-0.4, -0.2) is 102 Å². The number of hydrogen-bond acceptors (Lipinski definition) is 7. The summed E-state index contributed by atoms with van der Waals surface area (Å²) in [5.74, 6) is -0.478. The standard InChI is InChI=1S/C27H52N6O5/c1-9-20(38-26(37)32-14-11-10-12-15-32)21-19(30-25(36)29-17(2)3)13-16-33(21)24(35)22(27(5,6)7)31-23(34)18(4)28-8/h17-22,26,28,37H,9-16H2,1-8H3,(H,31,34)(H2,29,30,36)/t18-,19?,20-,21+,22+,26?/m0/s1. The minimum absolute atomic E-state index is 0.0404. The minimum atomic E-state index is -1.09. The van der Waals surface area contributed by atoms with Crippen molar-refractivity contribution < 1.29 is 24.2 Å². The van der Waals surface area contributed by atoms with E-state index in [1.807, 2.05) is 46.4 Å². The van der Waals surface area contributed by atoms with Gasteiger partial charge in [-0.05, 0) is 58.9 Å². The van der Waals surface area contributed by atoms with Crippen LogP contribution >= 0.6 is 0 Å². The predicted octanol–water partition coefficient (Wildman–Crippen LogP) is 1.36. The molecular weight excluding hydrogens is 488 g/mol. The van der Waals surface area contributed by atoms with Crippen LogP contribution in [-0.2, 0) is 14.3 Å². The molecule has 0 bridgehead atoms. The number of ether oxygens (including phenoxy) is 1. The zero-order chi connectivity index (χ0) is 28.6. The van der Waals surface area contributed by atoms with Gasteiger partial charge in [-0.25, -0.2) is 4.79 Å². The molecule has 2 aliphatic rings. The maximum absolute atomic E-state index is 14.1. The molecule has 220 valence electrons. The smallest absolute Gasteiger partial charge is 0.315 e. The third kappa shape index (κ3) is 8.79. The summed E-state index contributed by atoms with van der Waals surface area (Å²) in [6.07, 6.45) is 2.61. The lowest BCUT2D eigenvalue weighted by Crippen LogP contribution is -2.62. The highest BCUT2D eigenvalue weighted by Crippen LogP contribution is 2.30. The van der Waals surface area contributed by atoms with Gasteiger partial charge in [-0.3, -0.25) is 14.5 Å². The number of nitrogens with zero attached hydrogens (tertiary/aromatic N) is 2. The fourth-order valence-corrected chi connectivity index (χ4v) is 5.17. The number of urea groups is 1. The maximum atomic E-state index is 14.1. The van der Waals surface area contributed by atoms with Crippen molar-refractivity contribution in [1.29, 1.82) is 0 Å². The van der Waals surface area contributed by atoms with Crippen LogP contribution in [0.4, 0.5) is 4.79 Å². The van der Waals surface area contributed by atoms with E-state index in [0.29, 0.717) is 19.4 Å². The van der Waals surface area contributed by atoms with Crippen molar-refractivity contribution in [2.45, 2.75) is 123 Å². The van der Waals surface area contributed by atoms with Crippen molar-refractivity contribution >= 4 is 17.8 Å². The molecule has 0 aliphatic carbocycles. The zero-order valence-corrected chi connectivity index (χ0v) is 24.7. The molecule has 2 rings (SSSR count). The van der Waals surface area contributed by atoms with Crippen molar-refractivity contribution in [3.63, 3.8) is 0 Å². The van der Waals surface area contributed by atoms with Gasteiger partial charge in [-0.2, -0.15) is 0 Å². The second-order valence-corrected chi connectivity index (χ2v) is 12.0. The van der Waals surface area contributed by atoms with E-state index in [1.165, 1.54) is 0 Å². The summed E-state index contributed by atoms with van der Waals surface area (Å²) in [6.45, 7) is 15.1. The highest BCUT2D eigenvalue weighted by Gasteiger charge is 2.47. The zero-order valence-electron chi connectivity index (χ0n) is 24.7. The van der Waals surface area contributed by atoms with Crippen LogP contribution in [0.15, 0.2) is 0 Å². The Morgan fingerprint density at radius 2 is 1.66 bits per heavy atom. The summed E-state index contributed by atoms with van der Waals surface area (Å²) >= 11 is 0. The number of likely N-dealkylation sites (tertiary alicyclic amines) is 2. The number of carbonyl (C=O) groups excluding carboxylic acids is 3. The van der Waals surface area contributed by atoms with Gasteiger partial charge in [0.05, 0.1) is 24.2 Å². The van der Waals surface area contributed by atoms with E-state index >= 15 is 0 Å². The van der Waals surface area contributed by atoms with Crippen LogP contribution in [0, 0.1) is 5.41 Å². The van der Waals surface area contributed by atoms with Crippen LogP contribution in [0.25, 0.3) is 0 Å². The summed E-state index contributed by atoms with van der Waals surface area (Å²) in [5.41, 5.74) is -0.554. The lowest BCUT2D eigenvalue weighted by Gasteiger charge is -2.41. The number of aliphatic hydroxyl groups excluding tert-OH is 1. The summed E-state index contributed by atoms with van der Waals surface area (Å²) in [5, 5.41) is 22.7. The molecule has 11 heteroatoms. The number of carbonyl (C=O) groups is 3.